The van der Waals surface area contributed by atoms with Crippen LogP contribution in [0.4, 0.5) is 18.9 Å². The summed E-state index contributed by atoms with van der Waals surface area (Å²) in [7, 11) is 0. The number of benzene rings is 1. The van der Waals surface area contributed by atoms with Crippen molar-refractivity contribution in [1.29, 1.82) is 0 Å². The van der Waals surface area contributed by atoms with Gasteiger partial charge in [-0.05, 0) is 26.0 Å². The predicted molar refractivity (Wildman–Crippen MR) is 82.1 cm³/mol. The van der Waals surface area contributed by atoms with Gasteiger partial charge in [0.1, 0.15) is 0 Å². The molecule has 0 aliphatic carbocycles. The van der Waals surface area contributed by atoms with Crippen LogP contribution >= 0.6 is 23.1 Å². The van der Waals surface area contributed by atoms with E-state index in [0.717, 1.165) is 22.5 Å². The van der Waals surface area contributed by atoms with Crippen LogP contribution < -0.4 is 5.32 Å². The van der Waals surface area contributed by atoms with Crippen LogP contribution in [-0.4, -0.2) is 16.9 Å². The van der Waals surface area contributed by atoms with E-state index in [2.05, 4.69) is 10.3 Å². The van der Waals surface area contributed by atoms with Crippen molar-refractivity contribution in [2.24, 2.45) is 0 Å². The lowest BCUT2D eigenvalue weighted by Crippen LogP contribution is -2.11. The summed E-state index contributed by atoms with van der Waals surface area (Å²) in [6, 6.07) is 6.97. The summed E-state index contributed by atoms with van der Waals surface area (Å²) in [4.78, 5) is 4.98. The standard InChI is InChI=1S/C14H15F3N2S2/c1-9(12-7-20-10(2)19-12)18-11-5-3-4-6-13(11)21-8-14(15,16)17/h3-7,9,18H,8H2,1-2H3. The summed E-state index contributed by atoms with van der Waals surface area (Å²) in [6.07, 6.45) is -4.17. The third-order valence-corrected chi connectivity index (χ3v) is 4.66. The van der Waals surface area contributed by atoms with Gasteiger partial charge in [0.05, 0.1) is 22.5 Å². The number of nitrogens with one attached hydrogen (secondary N) is 1. The van der Waals surface area contributed by atoms with Crippen molar-refractivity contribution in [3.05, 3.63) is 40.3 Å². The van der Waals surface area contributed by atoms with Crippen molar-refractivity contribution in [1.82, 2.24) is 4.98 Å². The van der Waals surface area contributed by atoms with Crippen LogP contribution in [-0.2, 0) is 0 Å². The van der Waals surface area contributed by atoms with Crippen molar-refractivity contribution in [3.8, 4) is 0 Å². The number of aryl methyl sites for hydroxylation is 1. The van der Waals surface area contributed by atoms with Crippen molar-refractivity contribution in [2.75, 3.05) is 11.1 Å². The van der Waals surface area contributed by atoms with Gasteiger partial charge in [0.25, 0.3) is 0 Å². The van der Waals surface area contributed by atoms with Crippen molar-refractivity contribution in [3.63, 3.8) is 0 Å². The summed E-state index contributed by atoms with van der Waals surface area (Å²) < 4.78 is 37.1. The molecule has 0 aliphatic rings. The van der Waals surface area contributed by atoms with Crippen molar-refractivity contribution >= 4 is 28.8 Å². The van der Waals surface area contributed by atoms with Gasteiger partial charge in [-0.3, -0.25) is 0 Å². The molecule has 21 heavy (non-hydrogen) atoms. The molecule has 0 bridgehead atoms. The zero-order chi connectivity index (χ0) is 15.5. The second-order valence-corrected chi connectivity index (χ2v) is 6.64. The van der Waals surface area contributed by atoms with Crippen LogP contribution in [0.5, 0.6) is 0 Å². The molecule has 2 aromatic rings. The summed E-state index contributed by atoms with van der Waals surface area (Å²) >= 11 is 2.35. The van der Waals surface area contributed by atoms with Crippen molar-refractivity contribution < 1.29 is 13.2 Å². The van der Waals surface area contributed by atoms with E-state index < -0.39 is 11.9 Å². The molecule has 114 valence electrons. The smallest absolute Gasteiger partial charge is 0.376 e. The van der Waals surface area contributed by atoms with E-state index in [4.69, 9.17) is 0 Å². The predicted octanol–water partition coefficient (Wildman–Crippen LogP) is 5.28. The molecular formula is C14H15F3N2S2. The molecule has 1 heterocycles. The number of para-hydroxylation sites is 1. The molecule has 0 saturated heterocycles. The molecule has 0 amide bonds. The summed E-state index contributed by atoms with van der Waals surface area (Å²) in [6.45, 7) is 3.87. The number of nitrogens with zero attached hydrogens (tertiary/aromatic N) is 1. The van der Waals surface area contributed by atoms with E-state index in [0.29, 0.717) is 10.6 Å². The lowest BCUT2D eigenvalue weighted by atomic mass is 10.2. The SMILES string of the molecule is Cc1nc(C(C)Nc2ccccc2SCC(F)(F)F)cs1. The van der Waals surface area contributed by atoms with E-state index in [9.17, 15) is 13.2 Å². The number of alkyl halides is 3. The van der Waals surface area contributed by atoms with Gasteiger partial charge in [0, 0.05) is 16.0 Å². The first kappa shape index (κ1) is 16.2. The first-order chi connectivity index (χ1) is 9.85. The number of aromatic nitrogens is 1. The summed E-state index contributed by atoms with van der Waals surface area (Å²) in [5, 5.41) is 6.16. The van der Waals surface area contributed by atoms with Gasteiger partial charge in [-0.2, -0.15) is 13.2 Å². The number of thioether (sulfide) groups is 1. The monoisotopic (exact) mass is 332 g/mol. The fourth-order valence-corrected chi connectivity index (χ4v) is 3.24. The molecule has 0 saturated carbocycles. The molecule has 0 aliphatic heterocycles. The number of anilines is 1. The quantitative estimate of drug-likeness (QED) is 0.754. The maximum atomic E-state index is 12.4. The number of thiazole rings is 1. The van der Waals surface area contributed by atoms with E-state index >= 15 is 0 Å². The molecule has 7 heteroatoms. The van der Waals surface area contributed by atoms with Crippen LogP contribution in [0.15, 0.2) is 34.5 Å². The summed E-state index contributed by atoms with van der Waals surface area (Å²) in [5.41, 5.74) is 1.60. The lowest BCUT2D eigenvalue weighted by molar-refractivity contribution is -0.105. The molecule has 2 rings (SSSR count). The van der Waals surface area contributed by atoms with Gasteiger partial charge in [0.15, 0.2) is 0 Å². The molecule has 1 aromatic carbocycles. The van der Waals surface area contributed by atoms with Crippen LogP contribution in [0.2, 0.25) is 0 Å². The highest BCUT2D eigenvalue weighted by atomic mass is 32.2. The highest BCUT2D eigenvalue weighted by Gasteiger charge is 2.27. The number of hydrogen-bond donors (Lipinski definition) is 1. The topological polar surface area (TPSA) is 24.9 Å². The van der Waals surface area contributed by atoms with Gasteiger partial charge in [-0.25, -0.2) is 4.98 Å². The Labute approximate surface area is 129 Å². The maximum Gasteiger partial charge on any atom is 0.398 e. The minimum absolute atomic E-state index is 0.0532. The Kier molecular flexibility index (Phi) is 5.16. The van der Waals surface area contributed by atoms with E-state index in [1.165, 1.54) is 0 Å². The Morgan fingerprint density at radius 1 is 1.33 bits per heavy atom. The molecule has 0 radical (unpaired) electrons. The Morgan fingerprint density at radius 2 is 2.05 bits per heavy atom. The second-order valence-electron chi connectivity index (χ2n) is 4.56. The fourth-order valence-electron chi connectivity index (χ4n) is 1.76. The molecule has 1 atom stereocenters. The highest BCUT2D eigenvalue weighted by Crippen LogP contribution is 2.33. The highest BCUT2D eigenvalue weighted by molar-refractivity contribution is 7.99. The Bertz CT molecular complexity index is 596. The number of hydrogen-bond acceptors (Lipinski definition) is 4. The maximum absolute atomic E-state index is 12.4. The zero-order valence-electron chi connectivity index (χ0n) is 11.6. The van der Waals surface area contributed by atoms with Crippen molar-refractivity contribution in [2.45, 2.75) is 31.0 Å². The van der Waals surface area contributed by atoms with E-state index in [1.807, 2.05) is 19.2 Å². The van der Waals surface area contributed by atoms with Gasteiger partial charge >= 0.3 is 6.18 Å². The first-order valence-electron chi connectivity index (χ1n) is 6.32. The van der Waals surface area contributed by atoms with E-state index in [1.54, 1.807) is 35.6 Å². The normalized spacial score (nSPS) is 13.2. The minimum Gasteiger partial charge on any atom is -0.376 e. The molecule has 1 aromatic heterocycles. The van der Waals surface area contributed by atoms with Crippen LogP contribution in [0, 0.1) is 6.92 Å². The van der Waals surface area contributed by atoms with E-state index in [-0.39, 0.29) is 6.04 Å². The molecule has 1 N–H and O–H groups in total. The summed E-state index contributed by atoms with van der Waals surface area (Å²) in [5.74, 6) is -0.893. The van der Waals surface area contributed by atoms with Gasteiger partial charge in [-0.15, -0.1) is 23.1 Å². The zero-order valence-corrected chi connectivity index (χ0v) is 13.2. The Morgan fingerprint density at radius 3 is 2.67 bits per heavy atom. The average Bonchev–Trinajstić information content (AvgIpc) is 2.83. The largest absolute Gasteiger partial charge is 0.398 e. The van der Waals surface area contributed by atoms with Crippen LogP contribution in [0.1, 0.15) is 23.7 Å². The molecule has 1 unspecified atom stereocenters. The lowest BCUT2D eigenvalue weighted by Gasteiger charge is -2.17. The third kappa shape index (κ3) is 4.93. The Hall–Kier alpha value is -1.21. The first-order valence-corrected chi connectivity index (χ1v) is 8.19. The van der Waals surface area contributed by atoms with Crippen LogP contribution in [0.3, 0.4) is 0 Å². The minimum atomic E-state index is -4.17. The third-order valence-electron chi connectivity index (χ3n) is 2.73. The van der Waals surface area contributed by atoms with Crippen LogP contribution in [0.25, 0.3) is 0 Å². The van der Waals surface area contributed by atoms with Gasteiger partial charge in [-0.1, -0.05) is 12.1 Å². The fraction of sp³-hybridized carbons (Fsp3) is 0.357. The number of halogens is 3. The number of rotatable bonds is 5. The molecular weight excluding hydrogens is 317 g/mol. The molecule has 2 nitrogen and oxygen atoms in total. The molecule has 0 spiro atoms. The average molecular weight is 332 g/mol. The second kappa shape index (κ2) is 6.70. The molecule has 0 fully saturated rings. The van der Waals surface area contributed by atoms with Gasteiger partial charge < -0.3 is 5.32 Å². The Balaban J connectivity index is 2.09. The van der Waals surface area contributed by atoms with Gasteiger partial charge in [0.2, 0.25) is 0 Å².